The Hall–Kier alpha value is -4.18. The van der Waals surface area contributed by atoms with Gasteiger partial charge in [-0.25, -0.2) is 9.59 Å². The standard InChI is InChI=1S/C40H46O10/c1-8-21(2)36(43)50-35-33-34-38(5,20-46-33)29(47-23(4)41)18-30(49-37(44)24-12-10-9-11-13-24)39(34,6)28-17-31(42)48-27-16-26(25-14-15-45-19-25)22(3)32(27)40(28,35)7/h8-15,19,26-30,33-35H,16-18,20H2,1-7H3/t26-,27+,28-,29-,30+,33-,34+,35-,38-,39+,40-/m1/s1. The summed E-state index contributed by atoms with van der Waals surface area (Å²) in [6.07, 6.45) is 2.23. The summed E-state index contributed by atoms with van der Waals surface area (Å²) in [6, 6.07) is 10.7. The average Bonchev–Trinajstić information content (AvgIpc) is 3.80. The summed E-state index contributed by atoms with van der Waals surface area (Å²) < 4.78 is 37.7. The van der Waals surface area contributed by atoms with Crippen LogP contribution >= 0.6 is 0 Å². The van der Waals surface area contributed by atoms with Gasteiger partial charge >= 0.3 is 23.9 Å². The average molecular weight is 687 g/mol. The Morgan fingerprint density at radius 3 is 2.36 bits per heavy atom. The number of hydrogen-bond acceptors (Lipinski definition) is 10. The lowest BCUT2D eigenvalue weighted by Crippen LogP contribution is -2.72. The van der Waals surface area contributed by atoms with E-state index in [9.17, 15) is 19.2 Å². The third kappa shape index (κ3) is 5.00. The topological polar surface area (TPSA) is 128 Å². The SMILES string of the molecule is CC=C(C)C(=O)O[C@@H]1[C@@H]2OC[C@]3(C)[C@H](OC(C)=O)C[C@H](OC(=O)c4ccccc4)[C@@](C)([C@@H]23)[C@H]2CC(=O)O[C@H]3C[C@@H](c4ccoc4)C(C)=C3[C@]12C. The molecule has 10 nitrogen and oxygen atoms in total. The summed E-state index contributed by atoms with van der Waals surface area (Å²) in [5.41, 5.74) is 1.07. The zero-order chi connectivity index (χ0) is 35.7. The van der Waals surface area contributed by atoms with Crippen molar-refractivity contribution in [2.45, 2.75) is 104 Å². The molecule has 7 rings (SSSR count). The van der Waals surface area contributed by atoms with Gasteiger partial charge in [0.1, 0.15) is 24.4 Å². The molecule has 0 bridgehead atoms. The number of esters is 4. The highest BCUT2D eigenvalue weighted by molar-refractivity contribution is 5.89. The zero-order valence-corrected chi connectivity index (χ0v) is 29.7. The van der Waals surface area contributed by atoms with Crippen molar-refractivity contribution in [3.8, 4) is 0 Å². The van der Waals surface area contributed by atoms with Crippen LogP contribution in [-0.4, -0.2) is 61.0 Å². The maximum absolute atomic E-state index is 14.1. The van der Waals surface area contributed by atoms with Crippen LogP contribution in [0.15, 0.2) is 76.1 Å². The maximum Gasteiger partial charge on any atom is 0.338 e. The van der Waals surface area contributed by atoms with Gasteiger partial charge in [0.25, 0.3) is 0 Å². The molecule has 0 spiro atoms. The van der Waals surface area contributed by atoms with Crippen molar-refractivity contribution >= 4 is 23.9 Å². The third-order valence-electron chi connectivity index (χ3n) is 13.0. The quantitative estimate of drug-likeness (QED) is 0.144. The summed E-state index contributed by atoms with van der Waals surface area (Å²) in [7, 11) is 0. The van der Waals surface area contributed by atoms with Crippen molar-refractivity contribution in [2.75, 3.05) is 6.61 Å². The number of hydrogen-bond donors (Lipinski definition) is 0. The summed E-state index contributed by atoms with van der Waals surface area (Å²) in [4.78, 5) is 54.3. The highest BCUT2D eigenvalue weighted by atomic mass is 16.6. The summed E-state index contributed by atoms with van der Waals surface area (Å²) >= 11 is 0. The van der Waals surface area contributed by atoms with E-state index in [1.807, 2.05) is 19.1 Å². The van der Waals surface area contributed by atoms with Crippen LogP contribution in [0, 0.1) is 28.1 Å². The normalized spacial score (nSPS) is 39.0. The van der Waals surface area contributed by atoms with Crippen molar-refractivity contribution in [1.82, 2.24) is 0 Å². The second-order valence-corrected chi connectivity index (χ2v) is 15.5. The molecule has 11 atom stereocenters. The van der Waals surface area contributed by atoms with E-state index >= 15 is 0 Å². The fraction of sp³-hybridized carbons (Fsp3) is 0.550. The van der Waals surface area contributed by atoms with Gasteiger partial charge in [0.05, 0.1) is 30.8 Å². The highest BCUT2D eigenvalue weighted by Crippen LogP contribution is 2.72. The minimum absolute atomic E-state index is 0.00419. The van der Waals surface area contributed by atoms with E-state index in [1.165, 1.54) is 6.92 Å². The molecular weight excluding hydrogens is 640 g/mol. The Morgan fingerprint density at radius 2 is 1.70 bits per heavy atom. The molecule has 1 aromatic carbocycles. The third-order valence-corrected chi connectivity index (χ3v) is 13.0. The smallest absolute Gasteiger partial charge is 0.338 e. The molecule has 266 valence electrons. The van der Waals surface area contributed by atoms with Crippen LogP contribution in [0.1, 0.15) is 89.6 Å². The molecule has 3 aliphatic carbocycles. The molecule has 5 aliphatic rings. The Morgan fingerprint density at radius 1 is 0.960 bits per heavy atom. The summed E-state index contributed by atoms with van der Waals surface area (Å²) in [6.45, 7) is 13.3. The molecule has 0 amide bonds. The molecule has 0 radical (unpaired) electrons. The van der Waals surface area contributed by atoms with E-state index in [2.05, 4.69) is 20.8 Å². The van der Waals surface area contributed by atoms with Crippen LogP contribution in [0.2, 0.25) is 0 Å². The first-order chi connectivity index (χ1) is 23.7. The molecule has 0 unspecified atom stereocenters. The van der Waals surface area contributed by atoms with Crippen molar-refractivity contribution in [3.63, 3.8) is 0 Å². The first-order valence-electron chi connectivity index (χ1n) is 17.6. The van der Waals surface area contributed by atoms with Gasteiger partial charge in [0.15, 0.2) is 0 Å². The second-order valence-electron chi connectivity index (χ2n) is 15.5. The Balaban J connectivity index is 1.46. The van der Waals surface area contributed by atoms with Gasteiger partial charge in [0, 0.05) is 53.4 Å². The molecule has 3 heterocycles. The first kappa shape index (κ1) is 34.3. The molecule has 2 aliphatic heterocycles. The molecule has 10 heteroatoms. The van der Waals surface area contributed by atoms with Crippen molar-refractivity contribution in [3.05, 3.63) is 82.8 Å². The maximum atomic E-state index is 14.1. The van der Waals surface area contributed by atoms with E-state index in [4.69, 9.17) is 28.1 Å². The van der Waals surface area contributed by atoms with Crippen molar-refractivity contribution in [1.29, 1.82) is 0 Å². The highest BCUT2D eigenvalue weighted by Gasteiger charge is 2.78. The molecule has 50 heavy (non-hydrogen) atoms. The Labute approximate surface area is 292 Å². The summed E-state index contributed by atoms with van der Waals surface area (Å²) in [5, 5.41) is 0. The van der Waals surface area contributed by atoms with Crippen LogP contribution < -0.4 is 0 Å². The number of rotatable bonds is 6. The fourth-order valence-corrected chi connectivity index (χ4v) is 10.7. The lowest BCUT2D eigenvalue weighted by molar-refractivity contribution is -0.252. The predicted molar refractivity (Wildman–Crippen MR) is 179 cm³/mol. The van der Waals surface area contributed by atoms with Gasteiger partial charge in [-0.05, 0) is 62.4 Å². The fourth-order valence-electron chi connectivity index (χ4n) is 10.7. The monoisotopic (exact) mass is 686 g/mol. The second kappa shape index (κ2) is 12.2. The van der Waals surface area contributed by atoms with Gasteiger partial charge in [0.2, 0.25) is 0 Å². The molecular formula is C40H46O10. The number of carbonyl (C=O) groups excluding carboxylic acids is 4. The van der Waals surface area contributed by atoms with Gasteiger partial charge in [-0.1, -0.05) is 50.6 Å². The van der Waals surface area contributed by atoms with E-state index in [-0.39, 0.29) is 31.3 Å². The number of benzene rings is 1. The lowest BCUT2D eigenvalue weighted by Gasteiger charge is -2.66. The van der Waals surface area contributed by atoms with E-state index < -0.39 is 76.5 Å². The zero-order valence-electron chi connectivity index (χ0n) is 29.7. The molecule has 2 saturated heterocycles. The minimum atomic E-state index is -0.990. The first-order valence-corrected chi connectivity index (χ1v) is 17.6. The van der Waals surface area contributed by atoms with Gasteiger partial charge in [-0.2, -0.15) is 0 Å². The molecule has 2 saturated carbocycles. The number of ether oxygens (including phenoxy) is 5. The molecule has 2 aromatic rings. The van der Waals surface area contributed by atoms with Crippen LogP contribution in [0.4, 0.5) is 0 Å². The van der Waals surface area contributed by atoms with Crippen molar-refractivity contribution in [2.24, 2.45) is 28.1 Å². The van der Waals surface area contributed by atoms with E-state index in [0.717, 1.165) is 16.7 Å². The van der Waals surface area contributed by atoms with Crippen molar-refractivity contribution < 1.29 is 47.3 Å². The van der Waals surface area contributed by atoms with Crippen LogP contribution in [0.25, 0.3) is 0 Å². The number of carbonyl (C=O) groups is 4. The van der Waals surface area contributed by atoms with Crippen LogP contribution in [0.3, 0.4) is 0 Å². The van der Waals surface area contributed by atoms with E-state index in [1.54, 1.807) is 56.7 Å². The van der Waals surface area contributed by atoms with Crippen LogP contribution in [0.5, 0.6) is 0 Å². The number of allylic oxidation sites excluding steroid dienone is 2. The van der Waals surface area contributed by atoms with Crippen LogP contribution in [-0.2, 0) is 38.1 Å². The Bertz CT molecular complexity index is 1760. The largest absolute Gasteiger partial charge is 0.472 e. The lowest BCUT2D eigenvalue weighted by atomic mass is 9.39. The number of furan rings is 1. The Kier molecular flexibility index (Phi) is 8.40. The van der Waals surface area contributed by atoms with Gasteiger partial charge in [-0.15, -0.1) is 0 Å². The molecule has 4 fully saturated rings. The van der Waals surface area contributed by atoms with Gasteiger partial charge in [-0.3, -0.25) is 9.59 Å². The van der Waals surface area contributed by atoms with Gasteiger partial charge < -0.3 is 28.1 Å². The summed E-state index contributed by atoms with van der Waals surface area (Å²) in [5.74, 6) is -2.88. The molecule has 0 N–H and O–H groups in total. The minimum Gasteiger partial charge on any atom is -0.472 e. The van der Waals surface area contributed by atoms with E-state index in [0.29, 0.717) is 17.6 Å². The molecule has 1 aromatic heterocycles. The predicted octanol–water partition coefficient (Wildman–Crippen LogP) is 6.50. The number of fused-ring (bicyclic) bond motifs is 4.